The van der Waals surface area contributed by atoms with Crippen LogP contribution in [0.2, 0.25) is 0 Å². The van der Waals surface area contributed by atoms with E-state index in [-0.39, 0.29) is 12.7 Å². The number of likely N-dealkylation sites (N-methyl/N-ethyl adjacent to an activating group) is 1. The number of nitrogens with zero attached hydrogens (tertiary/aromatic N) is 1. The summed E-state index contributed by atoms with van der Waals surface area (Å²) in [5.41, 5.74) is 1.12. The zero-order valence-electron chi connectivity index (χ0n) is 8.31. The first kappa shape index (κ1) is 9.34. The molecule has 0 spiro atoms. The average molecular weight is 193 g/mol. The molecule has 0 radical (unpaired) electrons. The first-order valence-electron chi connectivity index (χ1n) is 4.87. The summed E-state index contributed by atoms with van der Waals surface area (Å²) in [5.74, 6) is 0.867. The Balaban J connectivity index is 2.24. The fourth-order valence-corrected chi connectivity index (χ4v) is 1.76. The summed E-state index contributed by atoms with van der Waals surface area (Å²) < 4.78 is 5.64. The number of ether oxygens (including phenoxy) is 1. The molecule has 1 aliphatic heterocycles. The number of hydrogen-bond acceptors (Lipinski definition) is 3. The van der Waals surface area contributed by atoms with Crippen molar-refractivity contribution < 1.29 is 9.84 Å². The zero-order valence-corrected chi connectivity index (χ0v) is 8.31. The van der Waals surface area contributed by atoms with Crippen molar-refractivity contribution in [1.29, 1.82) is 0 Å². The van der Waals surface area contributed by atoms with Crippen molar-refractivity contribution in [3.05, 3.63) is 35.8 Å². The Morgan fingerprint density at radius 1 is 1.64 bits per heavy atom. The molecule has 1 heterocycles. The van der Waals surface area contributed by atoms with Crippen LogP contribution in [0, 0.1) is 0 Å². The lowest BCUT2D eigenvalue weighted by Gasteiger charge is -2.35. The summed E-state index contributed by atoms with van der Waals surface area (Å²) in [6, 6.07) is 0. The van der Waals surface area contributed by atoms with Gasteiger partial charge in [0.15, 0.2) is 0 Å². The van der Waals surface area contributed by atoms with Crippen molar-refractivity contribution in [2.45, 2.75) is 12.5 Å². The summed E-state index contributed by atoms with van der Waals surface area (Å²) in [6.45, 7) is 0.818. The molecule has 0 saturated carbocycles. The molecule has 0 bridgehead atoms. The Bertz CT molecular complexity index is 304. The van der Waals surface area contributed by atoms with E-state index >= 15 is 0 Å². The van der Waals surface area contributed by atoms with E-state index in [0.717, 1.165) is 24.4 Å². The number of allylic oxidation sites excluding steroid dienone is 4. The zero-order chi connectivity index (χ0) is 9.97. The fraction of sp³-hybridized carbons (Fsp3) is 0.455. The first-order valence-corrected chi connectivity index (χ1v) is 4.87. The minimum absolute atomic E-state index is 0.0681. The van der Waals surface area contributed by atoms with Crippen LogP contribution in [0.3, 0.4) is 0 Å². The van der Waals surface area contributed by atoms with Crippen molar-refractivity contribution in [3.8, 4) is 0 Å². The summed E-state index contributed by atoms with van der Waals surface area (Å²) in [7, 11) is 2.02. The maximum Gasteiger partial charge on any atom is 0.142 e. The van der Waals surface area contributed by atoms with Crippen LogP contribution >= 0.6 is 0 Å². The van der Waals surface area contributed by atoms with Crippen LogP contribution in [0.4, 0.5) is 0 Å². The van der Waals surface area contributed by atoms with Gasteiger partial charge in [0.1, 0.15) is 11.9 Å². The van der Waals surface area contributed by atoms with Gasteiger partial charge in [0, 0.05) is 7.05 Å². The molecule has 0 aromatic heterocycles. The van der Waals surface area contributed by atoms with Crippen molar-refractivity contribution in [2.75, 3.05) is 20.2 Å². The predicted molar refractivity (Wildman–Crippen MR) is 54.5 cm³/mol. The van der Waals surface area contributed by atoms with E-state index in [2.05, 4.69) is 17.1 Å². The number of morpholine rings is 1. The van der Waals surface area contributed by atoms with Crippen molar-refractivity contribution in [2.24, 2.45) is 0 Å². The standard InChI is InChI=1S/C11H15NO2/c1-12-7-9(8-13)14-11-6-4-2-3-5-10(11)12/h2,4-6,9,13H,3,7-8H2,1H3. The normalized spacial score (nSPS) is 25.9. The fourth-order valence-electron chi connectivity index (χ4n) is 1.76. The summed E-state index contributed by atoms with van der Waals surface area (Å²) in [6.07, 6.45) is 9.01. The Kier molecular flexibility index (Phi) is 2.59. The summed E-state index contributed by atoms with van der Waals surface area (Å²) >= 11 is 0. The first-order chi connectivity index (χ1) is 6.81. The van der Waals surface area contributed by atoms with Gasteiger partial charge in [-0.05, 0) is 12.5 Å². The van der Waals surface area contributed by atoms with Gasteiger partial charge in [0.25, 0.3) is 0 Å². The van der Waals surface area contributed by atoms with Crippen molar-refractivity contribution >= 4 is 0 Å². The highest BCUT2D eigenvalue weighted by Gasteiger charge is 2.24. The molecule has 1 atom stereocenters. The Morgan fingerprint density at radius 2 is 2.50 bits per heavy atom. The number of aliphatic hydroxyl groups is 1. The van der Waals surface area contributed by atoms with E-state index < -0.39 is 0 Å². The van der Waals surface area contributed by atoms with E-state index in [0.29, 0.717) is 0 Å². The lowest BCUT2D eigenvalue weighted by molar-refractivity contribution is 0.0169. The Morgan fingerprint density at radius 3 is 3.29 bits per heavy atom. The van der Waals surface area contributed by atoms with Crippen molar-refractivity contribution in [3.63, 3.8) is 0 Å². The second-order valence-corrected chi connectivity index (χ2v) is 3.59. The number of hydrogen-bond donors (Lipinski definition) is 1. The molecule has 0 aromatic rings. The van der Waals surface area contributed by atoms with Gasteiger partial charge in [-0.15, -0.1) is 0 Å². The van der Waals surface area contributed by atoms with Gasteiger partial charge in [0.05, 0.1) is 18.8 Å². The molecule has 3 heteroatoms. The van der Waals surface area contributed by atoms with Crippen molar-refractivity contribution in [1.82, 2.24) is 4.90 Å². The van der Waals surface area contributed by atoms with Gasteiger partial charge < -0.3 is 14.7 Å². The Hall–Kier alpha value is -1.22. The van der Waals surface area contributed by atoms with E-state index in [1.165, 1.54) is 0 Å². The number of rotatable bonds is 1. The highest BCUT2D eigenvalue weighted by atomic mass is 16.5. The maximum atomic E-state index is 9.05. The van der Waals surface area contributed by atoms with E-state index in [1.807, 2.05) is 19.2 Å². The highest BCUT2D eigenvalue weighted by Crippen LogP contribution is 2.25. The highest BCUT2D eigenvalue weighted by molar-refractivity contribution is 5.32. The number of fused-ring (bicyclic) bond motifs is 1. The molecule has 3 nitrogen and oxygen atoms in total. The molecule has 0 amide bonds. The minimum Gasteiger partial charge on any atom is -0.484 e. The smallest absolute Gasteiger partial charge is 0.142 e. The predicted octanol–water partition coefficient (Wildman–Crippen LogP) is 1.04. The van der Waals surface area contributed by atoms with E-state index in [1.54, 1.807) is 0 Å². The molecule has 1 aliphatic carbocycles. The maximum absolute atomic E-state index is 9.05. The molecule has 14 heavy (non-hydrogen) atoms. The van der Waals surface area contributed by atoms with Gasteiger partial charge in [-0.3, -0.25) is 0 Å². The molecular weight excluding hydrogens is 178 g/mol. The van der Waals surface area contributed by atoms with Crippen LogP contribution in [-0.4, -0.2) is 36.3 Å². The monoisotopic (exact) mass is 193 g/mol. The van der Waals surface area contributed by atoms with Gasteiger partial charge in [0.2, 0.25) is 0 Å². The van der Waals surface area contributed by atoms with Gasteiger partial charge in [-0.1, -0.05) is 18.2 Å². The molecule has 1 N–H and O–H groups in total. The largest absolute Gasteiger partial charge is 0.484 e. The molecule has 2 aliphatic rings. The van der Waals surface area contributed by atoms with Crippen LogP contribution in [0.1, 0.15) is 6.42 Å². The molecule has 1 fully saturated rings. The van der Waals surface area contributed by atoms with E-state index in [9.17, 15) is 0 Å². The minimum atomic E-state index is -0.102. The average Bonchev–Trinajstić information content (AvgIpc) is 2.42. The molecule has 1 unspecified atom stereocenters. The second-order valence-electron chi connectivity index (χ2n) is 3.59. The van der Waals surface area contributed by atoms with Gasteiger partial charge in [-0.2, -0.15) is 0 Å². The lowest BCUT2D eigenvalue weighted by atomic mass is 10.2. The van der Waals surface area contributed by atoms with Crippen LogP contribution in [0.25, 0.3) is 0 Å². The quantitative estimate of drug-likeness (QED) is 0.675. The third kappa shape index (κ3) is 1.68. The molecule has 1 saturated heterocycles. The van der Waals surface area contributed by atoms with Gasteiger partial charge >= 0.3 is 0 Å². The molecule has 0 aromatic carbocycles. The molecular formula is C11H15NO2. The van der Waals surface area contributed by atoms with Crippen LogP contribution in [-0.2, 0) is 4.74 Å². The van der Waals surface area contributed by atoms with Crippen LogP contribution in [0.5, 0.6) is 0 Å². The third-order valence-corrected chi connectivity index (χ3v) is 2.47. The van der Waals surface area contributed by atoms with Gasteiger partial charge in [-0.25, -0.2) is 0 Å². The topological polar surface area (TPSA) is 32.7 Å². The second kappa shape index (κ2) is 3.88. The molecule has 2 rings (SSSR count). The van der Waals surface area contributed by atoms with E-state index in [4.69, 9.17) is 9.84 Å². The SMILES string of the molecule is CN1CC(CO)OC2=CC=CCC=C21. The van der Waals surface area contributed by atoms with Crippen LogP contribution in [0.15, 0.2) is 35.8 Å². The Labute approximate surface area is 84.0 Å². The lowest BCUT2D eigenvalue weighted by Crippen LogP contribution is -2.39. The number of aliphatic hydroxyl groups excluding tert-OH is 1. The van der Waals surface area contributed by atoms with Crippen LogP contribution < -0.4 is 0 Å². The molecule has 76 valence electrons. The summed E-state index contributed by atoms with van der Waals surface area (Å²) in [4.78, 5) is 2.13. The third-order valence-electron chi connectivity index (χ3n) is 2.47. The summed E-state index contributed by atoms with van der Waals surface area (Å²) in [5, 5.41) is 9.05.